The van der Waals surface area contributed by atoms with E-state index in [1.165, 1.54) is 24.3 Å². The second-order valence-corrected chi connectivity index (χ2v) is 6.29. The first-order valence-corrected chi connectivity index (χ1v) is 8.24. The lowest BCUT2D eigenvalue weighted by atomic mass is 9.94. The summed E-state index contributed by atoms with van der Waals surface area (Å²) >= 11 is 6.92. The summed E-state index contributed by atoms with van der Waals surface area (Å²) in [5, 5.41) is 0.841. The van der Waals surface area contributed by atoms with Crippen LogP contribution >= 0.6 is 31.9 Å². The van der Waals surface area contributed by atoms with Crippen molar-refractivity contribution < 1.29 is 8.78 Å². The molecule has 0 radical (unpaired) electrons. The number of halogens is 4. The third kappa shape index (κ3) is 4.38. The van der Waals surface area contributed by atoms with Gasteiger partial charge in [0.15, 0.2) is 0 Å². The van der Waals surface area contributed by atoms with E-state index >= 15 is 0 Å². The van der Waals surface area contributed by atoms with E-state index in [2.05, 4.69) is 31.9 Å². The summed E-state index contributed by atoms with van der Waals surface area (Å²) in [5.41, 5.74) is 2.19. The van der Waals surface area contributed by atoms with Crippen molar-refractivity contribution in [2.24, 2.45) is 5.92 Å². The van der Waals surface area contributed by atoms with Gasteiger partial charge in [-0.2, -0.15) is 0 Å². The zero-order valence-electron chi connectivity index (χ0n) is 10.8. The van der Waals surface area contributed by atoms with Gasteiger partial charge in [-0.1, -0.05) is 50.1 Å². The summed E-state index contributed by atoms with van der Waals surface area (Å²) in [4.78, 5) is 0. The maximum atomic E-state index is 13.1. The zero-order valence-corrected chi connectivity index (χ0v) is 13.9. The topological polar surface area (TPSA) is 0 Å². The largest absolute Gasteiger partial charge is 0.207 e. The number of benzene rings is 2. The van der Waals surface area contributed by atoms with E-state index in [1.807, 2.05) is 12.1 Å². The Hall–Kier alpha value is -0.740. The highest BCUT2D eigenvalue weighted by Crippen LogP contribution is 2.24. The normalized spacial score (nSPS) is 12.4. The first-order valence-electron chi connectivity index (χ1n) is 6.33. The maximum absolute atomic E-state index is 13.1. The van der Waals surface area contributed by atoms with Gasteiger partial charge in [-0.15, -0.1) is 0 Å². The monoisotopic (exact) mass is 402 g/mol. The first-order chi connectivity index (χ1) is 9.58. The van der Waals surface area contributed by atoms with E-state index in [1.54, 1.807) is 6.07 Å². The SMILES string of the molecule is Fc1ccc(CC(CBr)Cc2ccc(F)cc2Br)cc1. The lowest BCUT2D eigenvalue weighted by Crippen LogP contribution is -2.10. The van der Waals surface area contributed by atoms with Gasteiger partial charge in [-0.3, -0.25) is 0 Å². The Labute approximate surface area is 134 Å². The van der Waals surface area contributed by atoms with Crippen LogP contribution in [0.3, 0.4) is 0 Å². The van der Waals surface area contributed by atoms with Gasteiger partial charge in [0.2, 0.25) is 0 Å². The van der Waals surface area contributed by atoms with Crippen LogP contribution in [0.1, 0.15) is 11.1 Å². The Kier molecular flexibility index (Phi) is 5.73. The molecule has 0 saturated carbocycles. The molecule has 2 aromatic rings. The molecule has 0 aliphatic rings. The van der Waals surface area contributed by atoms with Gasteiger partial charge in [-0.05, 0) is 54.2 Å². The fourth-order valence-corrected chi connectivity index (χ4v) is 3.10. The Morgan fingerprint density at radius 3 is 2.15 bits per heavy atom. The molecular formula is C16H14Br2F2. The molecular weight excluding hydrogens is 390 g/mol. The average Bonchev–Trinajstić information content (AvgIpc) is 2.43. The fraction of sp³-hybridized carbons (Fsp3) is 0.250. The summed E-state index contributed by atoms with van der Waals surface area (Å²) in [6, 6.07) is 11.3. The highest BCUT2D eigenvalue weighted by atomic mass is 79.9. The van der Waals surface area contributed by atoms with Crippen molar-refractivity contribution in [3.63, 3.8) is 0 Å². The molecule has 1 atom stereocenters. The molecule has 0 nitrogen and oxygen atoms in total. The number of hydrogen-bond acceptors (Lipinski definition) is 0. The molecule has 0 N–H and O–H groups in total. The van der Waals surface area contributed by atoms with E-state index in [4.69, 9.17) is 0 Å². The highest BCUT2D eigenvalue weighted by molar-refractivity contribution is 9.10. The van der Waals surface area contributed by atoms with Crippen molar-refractivity contribution in [1.29, 1.82) is 0 Å². The van der Waals surface area contributed by atoms with Gasteiger partial charge in [0, 0.05) is 9.80 Å². The van der Waals surface area contributed by atoms with Gasteiger partial charge >= 0.3 is 0 Å². The van der Waals surface area contributed by atoms with E-state index in [9.17, 15) is 8.78 Å². The standard InChI is InChI=1S/C16H14Br2F2/c17-10-12(7-11-1-4-14(19)5-2-11)8-13-3-6-15(20)9-16(13)18/h1-6,9,12H,7-8,10H2. The minimum absolute atomic E-state index is 0.217. The van der Waals surface area contributed by atoms with E-state index < -0.39 is 0 Å². The average molecular weight is 404 g/mol. The van der Waals surface area contributed by atoms with Crippen molar-refractivity contribution in [1.82, 2.24) is 0 Å². The molecule has 106 valence electrons. The highest BCUT2D eigenvalue weighted by Gasteiger charge is 2.12. The zero-order chi connectivity index (χ0) is 14.5. The molecule has 0 aliphatic carbocycles. The molecule has 0 aliphatic heterocycles. The van der Waals surface area contributed by atoms with Crippen molar-refractivity contribution >= 4 is 31.9 Å². The third-order valence-corrected chi connectivity index (χ3v) is 4.83. The number of rotatable bonds is 5. The number of hydrogen-bond donors (Lipinski definition) is 0. The fourth-order valence-electron chi connectivity index (χ4n) is 2.13. The van der Waals surface area contributed by atoms with Gasteiger partial charge in [0.1, 0.15) is 11.6 Å². The molecule has 1 unspecified atom stereocenters. The van der Waals surface area contributed by atoms with Gasteiger partial charge in [0.25, 0.3) is 0 Å². The van der Waals surface area contributed by atoms with Crippen LogP contribution in [0.5, 0.6) is 0 Å². The summed E-state index contributed by atoms with van der Waals surface area (Å²) in [6.45, 7) is 0. The minimum Gasteiger partial charge on any atom is -0.207 e. The molecule has 2 aromatic carbocycles. The summed E-state index contributed by atoms with van der Waals surface area (Å²) in [5.74, 6) is -0.0813. The van der Waals surface area contributed by atoms with Crippen molar-refractivity contribution in [3.05, 3.63) is 69.7 Å². The van der Waals surface area contributed by atoms with Gasteiger partial charge in [0.05, 0.1) is 0 Å². The van der Waals surface area contributed by atoms with Crippen molar-refractivity contribution in [2.45, 2.75) is 12.8 Å². The van der Waals surface area contributed by atoms with Crippen LogP contribution in [-0.2, 0) is 12.8 Å². The Morgan fingerprint density at radius 1 is 0.900 bits per heavy atom. The van der Waals surface area contributed by atoms with Crippen LogP contribution in [-0.4, -0.2) is 5.33 Å². The lowest BCUT2D eigenvalue weighted by Gasteiger charge is -2.15. The molecule has 0 heterocycles. The first kappa shape index (κ1) is 15.6. The molecule has 0 saturated heterocycles. The van der Waals surface area contributed by atoms with Gasteiger partial charge in [-0.25, -0.2) is 8.78 Å². The predicted molar refractivity (Wildman–Crippen MR) is 85.2 cm³/mol. The third-order valence-electron chi connectivity index (χ3n) is 3.18. The molecule has 0 spiro atoms. The van der Waals surface area contributed by atoms with Gasteiger partial charge < -0.3 is 0 Å². The molecule has 2 rings (SSSR count). The van der Waals surface area contributed by atoms with Crippen molar-refractivity contribution in [3.8, 4) is 0 Å². The van der Waals surface area contributed by atoms with Crippen LogP contribution in [0.2, 0.25) is 0 Å². The summed E-state index contributed by atoms with van der Waals surface area (Å²) in [6.07, 6.45) is 1.69. The van der Waals surface area contributed by atoms with Crippen LogP contribution in [0.25, 0.3) is 0 Å². The Bertz CT molecular complexity index is 567. The van der Waals surface area contributed by atoms with Crippen LogP contribution in [0.4, 0.5) is 8.78 Å². The van der Waals surface area contributed by atoms with E-state index in [0.29, 0.717) is 5.92 Å². The molecule has 4 heteroatoms. The second kappa shape index (κ2) is 7.32. The summed E-state index contributed by atoms with van der Waals surface area (Å²) < 4.78 is 26.8. The van der Waals surface area contributed by atoms with Crippen molar-refractivity contribution in [2.75, 3.05) is 5.33 Å². The number of alkyl halides is 1. The predicted octanol–water partition coefficient (Wildman–Crippen LogP) is 5.52. The smallest absolute Gasteiger partial charge is 0.124 e. The van der Waals surface area contributed by atoms with E-state index in [-0.39, 0.29) is 11.6 Å². The van der Waals surface area contributed by atoms with E-state index in [0.717, 1.165) is 33.8 Å². The minimum atomic E-state index is -0.241. The molecule has 0 aromatic heterocycles. The molecule has 0 amide bonds. The van der Waals surface area contributed by atoms with Crippen LogP contribution in [0.15, 0.2) is 46.9 Å². The molecule has 20 heavy (non-hydrogen) atoms. The summed E-state index contributed by atoms with van der Waals surface area (Å²) in [7, 11) is 0. The quantitative estimate of drug-likeness (QED) is 0.576. The van der Waals surface area contributed by atoms with Crippen LogP contribution < -0.4 is 0 Å². The van der Waals surface area contributed by atoms with Crippen LogP contribution in [0, 0.1) is 17.6 Å². The lowest BCUT2D eigenvalue weighted by molar-refractivity contribution is 0.583. The Balaban J connectivity index is 2.07. The molecule has 0 bridgehead atoms. The Morgan fingerprint density at radius 2 is 1.55 bits per heavy atom. The second-order valence-electron chi connectivity index (χ2n) is 4.79. The molecule has 0 fully saturated rings. The maximum Gasteiger partial charge on any atom is 0.124 e.